The number of aromatic hydroxyl groups is 2. The van der Waals surface area contributed by atoms with Crippen molar-refractivity contribution in [3.05, 3.63) is 23.3 Å². The SMILES string of the molecule is CCCN1CCC2Cc3c(ccc(O)c3O)CC21. The molecule has 0 saturated carbocycles. The van der Waals surface area contributed by atoms with E-state index in [1.807, 2.05) is 6.07 Å². The van der Waals surface area contributed by atoms with Crippen LogP contribution in [0.5, 0.6) is 11.5 Å². The number of rotatable bonds is 2. The normalized spacial score (nSPS) is 26.9. The minimum atomic E-state index is 0.0237. The first-order valence-corrected chi connectivity index (χ1v) is 6.97. The average Bonchev–Trinajstić information content (AvgIpc) is 2.76. The van der Waals surface area contributed by atoms with Crippen LogP contribution in [0.25, 0.3) is 0 Å². The van der Waals surface area contributed by atoms with Crippen molar-refractivity contribution in [2.75, 3.05) is 13.1 Å². The van der Waals surface area contributed by atoms with E-state index < -0.39 is 0 Å². The number of nitrogens with zero attached hydrogens (tertiary/aromatic N) is 1. The molecule has 1 aliphatic carbocycles. The van der Waals surface area contributed by atoms with E-state index >= 15 is 0 Å². The Morgan fingerprint density at radius 2 is 2.11 bits per heavy atom. The minimum absolute atomic E-state index is 0.0237. The predicted molar refractivity (Wildman–Crippen MR) is 70.9 cm³/mol. The van der Waals surface area contributed by atoms with Gasteiger partial charge in [0.2, 0.25) is 0 Å². The van der Waals surface area contributed by atoms with Crippen LogP contribution in [0.3, 0.4) is 0 Å². The van der Waals surface area contributed by atoms with Crippen LogP contribution in [-0.4, -0.2) is 34.2 Å². The molecule has 2 atom stereocenters. The Bertz CT molecular complexity index is 458. The van der Waals surface area contributed by atoms with E-state index in [-0.39, 0.29) is 11.5 Å². The summed E-state index contributed by atoms with van der Waals surface area (Å²) in [4.78, 5) is 2.59. The lowest BCUT2D eigenvalue weighted by molar-refractivity contribution is 0.214. The molecular formula is C15H21NO2. The van der Waals surface area contributed by atoms with Crippen LogP contribution in [0.1, 0.15) is 30.9 Å². The Kier molecular flexibility index (Phi) is 2.94. The number of benzene rings is 1. The Morgan fingerprint density at radius 3 is 2.89 bits per heavy atom. The molecule has 0 amide bonds. The molecule has 3 heteroatoms. The van der Waals surface area contributed by atoms with Gasteiger partial charge in [0.05, 0.1) is 0 Å². The van der Waals surface area contributed by atoms with E-state index in [9.17, 15) is 10.2 Å². The lowest BCUT2D eigenvalue weighted by Crippen LogP contribution is -2.38. The average molecular weight is 247 g/mol. The summed E-state index contributed by atoms with van der Waals surface area (Å²) in [6.07, 6.45) is 4.37. The summed E-state index contributed by atoms with van der Waals surface area (Å²) >= 11 is 0. The number of hydrogen-bond acceptors (Lipinski definition) is 3. The zero-order chi connectivity index (χ0) is 12.7. The molecule has 2 N–H and O–H groups in total. The van der Waals surface area contributed by atoms with Crippen LogP contribution in [0.4, 0.5) is 0 Å². The Balaban J connectivity index is 1.90. The van der Waals surface area contributed by atoms with Gasteiger partial charge in [-0.25, -0.2) is 0 Å². The summed E-state index contributed by atoms with van der Waals surface area (Å²) < 4.78 is 0. The standard InChI is InChI=1S/C15H21NO2/c1-2-6-16-7-5-11-8-12-10(9-13(11)16)3-4-14(17)15(12)18/h3-4,11,13,17-18H,2,5-9H2,1H3. The quantitative estimate of drug-likeness (QED) is 0.788. The first kappa shape index (κ1) is 11.8. The third-order valence-corrected chi connectivity index (χ3v) is 4.56. The molecule has 1 aromatic carbocycles. The minimum Gasteiger partial charge on any atom is -0.504 e. The summed E-state index contributed by atoms with van der Waals surface area (Å²) in [5, 5.41) is 19.6. The molecule has 0 aromatic heterocycles. The monoisotopic (exact) mass is 247 g/mol. The first-order chi connectivity index (χ1) is 8.70. The second kappa shape index (κ2) is 4.47. The molecule has 0 spiro atoms. The molecule has 18 heavy (non-hydrogen) atoms. The molecular weight excluding hydrogens is 226 g/mol. The van der Waals surface area contributed by atoms with Crippen molar-refractivity contribution >= 4 is 0 Å². The highest BCUT2D eigenvalue weighted by molar-refractivity contribution is 5.50. The van der Waals surface area contributed by atoms with Gasteiger partial charge in [0.15, 0.2) is 11.5 Å². The molecule has 1 aliphatic heterocycles. The van der Waals surface area contributed by atoms with Crippen LogP contribution >= 0.6 is 0 Å². The van der Waals surface area contributed by atoms with E-state index in [0.717, 1.165) is 18.4 Å². The van der Waals surface area contributed by atoms with Crippen molar-refractivity contribution < 1.29 is 10.2 Å². The Morgan fingerprint density at radius 1 is 1.28 bits per heavy atom. The smallest absolute Gasteiger partial charge is 0.160 e. The van der Waals surface area contributed by atoms with E-state index in [2.05, 4.69) is 11.8 Å². The van der Waals surface area contributed by atoms with Crippen molar-refractivity contribution in [2.24, 2.45) is 5.92 Å². The zero-order valence-electron chi connectivity index (χ0n) is 10.9. The highest BCUT2D eigenvalue weighted by Crippen LogP contribution is 2.41. The first-order valence-electron chi connectivity index (χ1n) is 6.97. The molecule has 2 aliphatic rings. The van der Waals surface area contributed by atoms with Gasteiger partial charge in [-0.05, 0) is 56.3 Å². The molecule has 1 fully saturated rings. The van der Waals surface area contributed by atoms with Gasteiger partial charge in [-0.3, -0.25) is 4.90 Å². The van der Waals surface area contributed by atoms with Crippen LogP contribution < -0.4 is 0 Å². The van der Waals surface area contributed by atoms with Crippen LogP contribution in [-0.2, 0) is 12.8 Å². The molecule has 0 bridgehead atoms. The fourth-order valence-electron chi connectivity index (χ4n) is 3.66. The van der Waals surface area contributed by atoms with Gasteiger partial charge in [0.1, 0.15) is 0 Å². The molecule has 0 radical (unpaired) electrons. The molecule has 1 aromatic rings. The maximum Gasteiger partial charge on any atom is 0.160 e. The summed E-state index contributed by atoms with van der Waals surface area (Å²) in [6, 6.07) is 4.23. The van der Waals surface area contributed by atoms with Gasteiger partial charge in [0.25, 0.3) is 0 Å². The third kappa shape index (κ3) is 1.77. The largest absolute Gasteiger partial charge is 0.504 e. The van der Waals surface area contributed by atoms with Crippen LogP contribution in [0.15, 0.2) is 12.1 Å². The van der Waals surface area contributed by atoms with E-state index in [1.54, 1.807) is 6.07 Å². The zero-order valence-corrected chi connectivity index (χ0v) is 10.9. The van der Waals surface area contributed by atoms with E-state index in [0.29, 0.717) is 12.0 Å². The maximum absolute atomic E-state index is 9.97. The number of likely N-dealkylation sites (tertiary alicyclic amines) is 1. The second-order valence-corrected chi connectivity index (χ2v) is 5.63. The van der Waals surface area contributed by atoms with Gasteiger partial charge >= 0.3 is 0 Å². The number of phenolic OH excluding ortho intramolecular Hbond substituents is 2. The fraction of sp³-hybridized carbons (Fsp3) is 0.600. The molecule has 3 nitrogen and oxygen atoms in total. The van der Waals surface area contributed by atoms with Gasteiger partial charge in [0, 0.05) is 11.6 Å². The Hall–Kier alpha value is -1.22. The maximum atomic E-state index is 9.97. The van der Waals surface area contributed by atoms with Gasteiger partial charge in [-0.1, -0.05) is 13.0 Å². The Labute approximate surface area is 108 Å². The highest BCUT2D eigenvalue weighted by atomic mass is 16.3. The summed E-state index contributed by atoms with van der Waals surface area (Å²) in [5.74, 6) is 0.784. The van der Waals surface area contributed by atoms with Crippen molar-refractivity contribution in [3.8, 4) is 11.5 Å². The number of hydrogen-bond donors (Lipinski definition) is 2. The summed E-state index contributed by atoms with van der Waals surface area (Å²) in [5.41, 5.74) is 2.20. The lowest BCUT2D eigenvalue weighted by Gasteiger charge is -2.33. The molecule has 2 unspecified atom stereocenters. The molecule has 1 saturated heterocycles. The van der Waals surface area contributed by atoms with Crippen molar-refractivity contribution in [1.82, 2.24) is 4.90 Å². The topological polar surface area (TPSA) is 43.7 Å². The number of phenols is 2. The van der Waals surface area contributed by atoms with Crippen LogP contribution in [0, 0.1) is 5.92 Å². The lowest BCUT2D eigenvalue weighted by atomic mass is 9.80. The van der Waals surface area contributed by atoms with Crippen molar-refractivity contribution in [2.45, 2.75) is 38.6 Å². The van der Waals surface area contributed by atoms with E-state index in [1.165, 1.54) is 31.5 Å². The summed E-state index contributed by atoms with van der Waals surface area (Å²) in [6.45, 7) is 4.60. The predicted octanol–water partition coefficient (Wildman–Crippen LogP) is 2.30. The number of fused-ring (bicyclic) bond motifs is 2. The fourth-order valence-corrected chi connectivity index (χ4v) is 3.66. The molecule has 98 valence electrons. The molecule has 3 rings (SSSR count). The summed E-state index contributed by atoms with van der Waals surface area (Å²) in [7, 11) is 0. The van der Waals surface area contributed by atoms with Crippen molar-refractivity contribution in [1.29, 1.82) is 0 Å². The highest BCUT2D eigenvalue weighted by Gasteiger charge is 2.38. The van der Waals surface area contributed by atoms with Crippen molar-refractivity contribution in [3.63, 3.8) is 0 Å². The van der Waals surface area contributed by atoms with E-state index in [4.69, 9.17) is 0 Å². The van der Waals surface area contributed by atoms with Gasteiger partial charge in [-0.2, -0.15) is 0 Å². The van der Waals surface area contributed by atoms with Gasteiger partial charge < -0.3 is 10.2 Å². The van der Waals surface area contributed by atoms with Crippen LogP contribution in [0.2, 0.25) is 0 Å². The molecule has 1 heterocycles. The second-order valence-electron chi connectivity index (χ2n) is 5.63. The van der Waals surface area contributed by atoms with Gasteiger partial charge in [-0.15, -0.1) is 0 Å². The third-order valence-electron chi connectivity index (χ3n) is 4.56.